The fourth-order valence-electron chi connectivity index (χ4n) is 4.35. The summed E-state index contributed by atoms with van der Waals surface area (Å²) < 4.78 is 7.74. The third-order valence-electron chi connectivity index (χ3n) is 5.83. The number of carbonyl (C=O) groups excluding carboxylic acids is 1. The quantitative estimate of drug-likeness (QED) is 0.757. The molecule has 140 valence electrons. The molecule has 1 aromatic carbocycles. The maximum atomic E-state index is 13.1. The standard InChI is InChI=1S/C20H22N4O2S/c1-23-14-6-13(7-15(23)11-26-10-14)22-20(25)17-9-24(19-8-21-12-27-19)18-5-3-2-4-16(17)18/h2-5,8-9,12-15H,6-7,10-11H2,1H3,(H,22,25)/t13-,14-,15+. The zero-order chi connectivity index (χ0) is 18.4. The summed E-state index contributed by atoms with van der Waals surface area (Å²) in [5, 5.41) is 5.27. The molecule has 0 aliphatic carbocycles. The minimum Gasteiger partial charge on any atom is -0.378 e. The van der Waals surface area contributed by atoms with Gasteiger partial charge in [-0.15, -0.1) is 11.3 Å². The number of nitrogens with one attached hydrogen (secondary N) is 1. The van der Waals surface area contributed by atoms with Crippen LogP contribution < -0.4 is 5.32 Å². The van der Waals surface area contributed by atoms with Gasteiger partial charge >= 0.3 is 0 Å². The summed E-state index contributed by atoms with van der Waals surface area (Å²) in [7, 11) is 2.17. The van der Waals surface area contributed by atoms with E-state index in [1.54, 1.807) is 11.3 Å². The molecule has 1 N–H and O–H groups in total. The molecule has 1 amide bonds. The van der Waals surface area contributed by atoms with Crippen molar-refractivity contribution in [2.24, 2.45) is 0 Å². The van der Waals surface area contributed by atoms with Gasteiger partial charge < -0.3 is 14.6 Å². The lowest BCUT2D eigenvalue weighted by Gasteiger charge is -2.46. The van der Waals surface area contributed by atoms with Crippen LogP contribution in [0.1, 0.15) is 23.2 Å². The highest BCUT2D eigenvalue weighted by Gasteiger charge is 2.37. The van der Waals surface area contributed by atoms with Crippen LogP contribution in [-0.2, 0) is 4.74 Å². The van der Waals surface area contributed by atoms with E-state index in [1.807, 2.05) is 42.2 Å². The predicted octanol–water partition coefficient (Wildman–Crippen LogP) is 2.68. The topological polar surface area (TPSA) is 59.4 Å². The maximum Gasteiger partial charge on any atom is 0.253 e. The Labute approximate surface area is 161 Å². The normalized spacial score (nSPS) is 25.6. The number of carbonyl (C=O) groups is 1. The van der Waals surface area contributed by atoms with Crippen molar-refractivity contribution < 1.29 is 9.53 Å². The van der Waals surface area contributed by atoms with Gasteiger partial charge in [-0.2, -0.15) is 0 Å². The first-order valence-corrected chi connectivity index (χ1v) is 10.2. The van der Waals surface area contributed by atoms with Crippen LogP contribution in [0.4, 0.5) is 0 Å². The second kappa shape index (κ2) is 6.74. The molecule has 4 heterocycles. The highest BCUT2D eigenvalue weighted by molar-refractivity contribution is 7.12. The van der Waals surface area contributed by atoms with Gasteiger partial charge in [-0.1, -0.05) is 18.2 Å². The van der Waals surface area contributed by atoms with Crippen LogP contribution in [0.15, 0.2) is 42.2 Å². The number of benzene rings is 1. The summed E-state index contributed by atoms with van der Waals surface area (Å²) in [5.41, 5.74) is 3.56. The molecule has 3 aromatic rings. The van der Waals surface area contributed by atoms with Gasteiger partial charge in [0.05, 0.1) is 36.0 Å². The largest absolute Gasteiger partial charge is 0.378 e. The molecule has 2 fully saturated rings. The first-order valence-electron chi connectivity index (χ1n) is 9.30. The van der Waals surface area contributed by atoms with Crippen molar-refractivity contribution in [2.75, 3.05) is 20.3 Å². The number of aromatic nitrogens is 2. The SMILES string of the molecule is CN1[C@@H]2COC[C@H]1C[C@@H](NC(=O)c1cn(-c3cncs3)c3ccccc13)C2. The smallest absolute Gasteiger partial charge is 0.253 e. The third kappa shape index (κ3) is 2.96. The van der Waals surface area contributed by atoms with Crippen LogP contribution in [0.5, 0.6) is 0 Å². The maximum absolute atomic E-state index is 13.1. The Morgan fingerprint density at radius 1 is 1.26 bits per heavy atom. The molecule has 0 unspecified atom stereocenters. The molecule has 27 heavy (non-hydrogen) atoms. The first-order chi connectivity index (χ1) is 13.2. The van der Waals surface area contributed by atoms with Crippen molar-refractivity contribution in [3.8, 4) is 5.00 Å². The van der Waals surface area contributed by atoms with Crippen LogP contribution in [-0.4, -0.2) is 58.7 Å². The van der Waals surface area contributed by atoms with E-state index in [4.69, 9.17) is 4.74 Å². The molecule has 2 aliphatic heterocycles. The predicted molar refractivity (Wildman–Crippen MR) is 106 cm³/mol. The summed E-state index contributed by atoms with van der Waals surface area (Å²) in [5.74, 6) is 0.00279. The van der Waals surface area contributed by atoms with Gasteiger partial charge in [-0.3, -0.25) is 14.7 Å². The number of nitrogens with zero attached hydrogens (tertiary/aromatic N) is 3. The Hall–Kier alpha value is -2.22. The van der Waals surface area contributed by atoms with Gasteiger partial charge in [-0.25, -0.2) is 0 Å². The number of amides is 1. The van der Waals surface area contributed by atoms with Crippen molar-refractivity contribution >= 4 is 28.1 Å². The molecule has 7 heteroatoms. The van der Waals surface area contributed by atoms with Crippen molar-refractivity contribution in [2.45, 2.75) is 31.0 Å². The lowest BCUT2D eigenvalue weighted by atomic mass is 9.90. The van der Waals surface area contributed by atoms with E-state index in [-0.39, 0.29) is 11.9 Å². The highest BCUT2D eigenvalue weighted by Crippen LogP contribution is 2.29. The molecular formula is C20H22N4O2S. The number of para-hydroxylation sites is 1. The van der Waals surface area contributed by atoms with Crippen molar-refractivity contribution in [3.63, 3.8) is 0 Å². The van der Waals surface area contributed by atoms with Gasteiger partial charge in [-0.05, 0) is 26.0 Å². The van der Waals surface area contributed by atoms with Crippen LogP contribution in [0.3, 0.4) is 0 Å². The lowest BCUT2D eigenvalue weighted by molar-refractivity contribution is -0.0670. The molecule has 3 atom stereocenters. The zero-order valence-electron chi connectivity index (χ0n) is 15.2. The lowest BCUT2D eigenvalue weighted by Crippen LogP contribution is -2.59. The number of rotatable bonds is 3. The number of fused-ring (bicyclic) bond motifs is 3. The Kier molecular flexibility index (Phi) is 4.22. The molecule has 2 saturated heterocycles. The van der Waals surface area contributed by atoms with E-state index in [0.29, 0.717) is 12.1 Å². The Morgan fingerprint density at radius 2 is 2.04 bits per heavy atom. The van der Waals surface area contributed by atoms with E-state index in [9.17, 15) is 4.79 Å². The first kappa shape index (κ1) is 16.9. The zero-order valence-corrected chi connectivity index (χ0v) is 16.0. The van der Waals surface area contributed by atoms with Crippen LogP contribution in [0.25, 0.3) is 15.9 Å². The van der Waals surface area contributed by atoms with E-state index >= 15 is 0 Å². The Balaban J connectivity index is 1.43. The van der Waals surface area contributed by atoms with E-state index in [2.05, 4.69) is 26.8 Å². The van der Waals surface area contributed by atoms with Gasteiger partial charge in [0, 0.05) is 29.7 Å². The Bertz CT molecular complexity index is 954. The molecule has 0 spiro atoms. The summed E-state index contributed by atoms with van der Waals surface area (Å²) in [6.07, 6.45) is 5.64. The van der Waals surface area contributed by atoms with E-state index < -0.39 is 0 Å². The van der Waals surface area contributed by atoms with Crippen LogP contribution in [0.2, 0.25) is 0 Å². The molecular weight excluding hydrogens is 360 g/mol. The van der Waals surface area contributed by atoms with Gasteiger partial charge in [0.25, 0.3) is 5.91 Å². The minimum atomic E-state index is 0.00279. The number of likely N-dealkylation sites (N-methyl/N-ethyl adjacent to an activating group) is 1. The van der Waals surface area contributed by atoms with Crippen LogP contribution in [0, 0.1) is 0 Å². The number of hydrogen-bond donors (Lipinski definition) is 1. The number of morpholine rings is 1. The summed E-state index contributed by atoms with van der Waals surface area (Å²) in [6.45, 7) is 1.51. The van der Waals surface area contributed by atoms with Gasteiger partial charge in [0.2, 0.25) is 0 Å². The number of piperidine rings is 1. The third-order valence-corrected chi connectivity index (χ3v) is 6.60. The summed E-state index contributed by atoms with van der Waals surface area (Å²) >= 11 is 1.56. The Morgan fingerprint density at radius 3 is 2.78 bits per heavy atom. The molecule has 0 saturated carbocycles. The fourth-order valence-corrected chi connectivity index (χ4v) is 4.96. The second-order valence-electron chi connectivity index (χ2n) is 7.42. The van der Waals surface area contributed by atoms with Gasteiger partial charge in [0.15, 0.2) is 0 Å². The molecule has 2 bridgehead atoms. The van der Waals surface area contributed by atoms with E-state index in [1.165, 1.54) is 0 Å². The fraction of sp³-hybridized carbons (Fsp3) is 0.400. The number of hydrogen-bond acceptors (Lipinski definition) is 5. The minimum absolute atomic E-state index is 0.00279. The average Bonchev–Trinajstić information content (AvgIpc) is 3.30. The molecule has 5 rings (SSSR count). The average molecular weight is 382 g/mol. The van der Waals surface area contributed by atoms with Crippen molar-refractivity contribution in [3.05, 3.63) is 47.7 Å². The number of thiazole rings is 1. The molecule has 0 radical (unpaired) electrons. The van der Waals surface area contributed by atoms with Crippen molar-refractivity contribution in [1.29, 1.82) is 0 Å². The molecule has 6 nitrogen and oxygen atoms in total. The summed E-state index contributed by atoms with van der Waals surface area (Å²) in [4.78, 5) is 19.7. The number of ether oxygens (including phenoxy) is 1. The second-order valence-corrected chi connectivity index (χ2v) is 8.29. The molecule has 2 aliphatic rings. The highest BCUT2D eigenvalue weighted by atomic mass is 32.1. The molecule has 2 aromatic heterocycles. The van der Waals surface area contributed by atoms with Crippen LogP contribution >= 0.6 is 11.3 Å². The van der Waals surface area contributed by atoms with Gasteiger partial charge in [0.1, 0.15) is 5.00 Å². The van der Waals surface area contributed by atoms with Crippen molar-refractivity contribution in [1.82, 2.24) is 19.8 Å². The monoisotopic (exact) mass is 382 g/mol. The van der Waals surface area contributed by atoms with E-state index in [0.717, 1.165) is 47.5 Å². The summed E-state index contributed by atoms with van der Waals surface area (Å²) in [6, 6.07) is 9.01.